The first-order valence-corrected chi connectivity index (χ1v) is 15.9. The maximum absolute atomic E-state index is 10.8. The fourth-order valence-electron chi connectivity index (χ4n) is 4.69. The van der Waals surface area contributed by atoms with Gasteiger partial charge in [-0.25, -0.2) is 8.42 Å². The van der Waals surface area contributed by atoms with Crippen molar-refractivity contribution in [2.75, 3.05) is 6.61 Å². The van der Waals surface area contributed by atoms with Crippen LogP contribution in [0.4, 0.5) is 0 Å². The zero-order valence-electron chi connectivity index (χ0n) is 23.3. The van der Waals surface area contributed by atoms with E-state index in [0.717, 1.165) is 25.7 Å². The van der Waals surface area contributed by atoms with Gasteiger partial charge >= 0.3 is 29.6 Å². The van der Waals surface area contributed by atoms with E-state index in [1.165, 1.54) is 128 Å². The van der Waals surface area contributed by atoms with Crippen LogP contribution >= 0.6 is 0 Å². The normalized spacial score (nSPS) is 12.6. The smallest absolute Gasteiger partial charge is 0.726 e. The van der Waals surface area contributed by atoms with Gasteiger partial charge in [0, 0.05) is 0 Å². The summed E-state index contributed by atoms with van der Waals surface area (Å²) in [4.78, 5) is 0. The van der Waals surface area contributed by atoms with E-state index in [1.807, 2.05) is 0 Å². The Bertz CT molecular complexity index is 485. The first-order valence-electron chi connectivity index (χ1n) is 14.6. The first-order chi connectivity index (χ1) is 16.0. The minimum absolute atomic E-state index is 0. The molecule has 0 aromatic rings. The summed E-state index contributed by atoms with van der Waals surface area (Å²) in [5, 5.41) is 0. The molecular weight excluding hydrogens is 455 g/mol. The standard InChI is InChI=1S/C28H58O4S.Na/c1-3-5-7-9-10-11-12-13-14-15-16-17-18-19-20-21-22-24-26-28(25-23-8-6-4-2)27-32-33(29,30)31;/h28H,3-27H2,1-2H3,(H,29,30,31);/q;+1/p-1. The zero-order chi connectivity index (χ0) is 24.5. The molecule has 1 unspecified atom stereocenters. The van der Waals surface area contributed by atoms with Crippen LogP contribution < -0.4 is 29.6 Å². The maximum atomic E-state index is 10.8. The third-order valence-corrected chi connectivity index (χ3v) is 7.30. The number of hydrogen-bond donors (Lipinski definition) is 0. The SMILES string of the molecule is CCCCCCCCCCCCCCCCCCCCC(CCCCCC)COS(=O)(=O)[O-].[Na+]. The van der Waals surface area contributed by atoms with Crippen LogP contribution in [0.2, 0.25) is 0 Å². The Morgan fingerprint density at radius 1 is 0.529 bits per heavy atom. The van der Waals surface area contributed by atoms with Crippen LogP contribution in [0.3, 0.4) is 0 Å². The second-order valence-corrected chi connectivity index (χ2v) is 11.3. The van der Waals surface area contributed by atoms with E-state index >= 15 is 0 Å². The molecule has 0 spiro atoms. The van der Waals surface area contributed by atoms with Crippen molar-refractivity contribution in [1.29, 1.82) is 0 Å². The molecule has 0 aromatic heterocycles. The molecule has 4 nitrogen and oxygen atoms in total. The van der Waals surface area contributed by atoms with Crippen molar-refractivity contribution in [1.82, 2.24) is 0 Å². The fraction of sp³-hybridized carbons (Fsp3) is 1.00. The Balaban J connectivity index is 0. The van der Waals surface area contributed by atoms with E-state index in [2.05, 4.69) is 18.0 Å². The summed E-state index contributed by atoms with van der Waals surface area (Å²) in [6.45, 7) is 4.53. The van der Waals surface area contributed by atoms with Crippen molar-refractivity contribution in [2.24, 2.45) is 5.92 Å². The van der Waals surface area contributed by atoms with Gasteiger partial charge < -0.3 is 4.55 Å². The predicted molar refractivity (Wildman–Crippen MR) is 141 cm³/mol. The topological polar surface area (TPSA) is 66.4 Å². The van der Waals surface area contributed by atoms with Crippen LogP contribution in [0.5, 0.6) is 0 Å². The van der Waals surface area contributed by atoms with Gasteiger partial charge in [-0.15, -0.1) is 0 Å². The van der Waals surface area contributed by atoms with Gasteiger partial charge in [-0.2, -0.15) is 0 Å². The molecule has 0 rings (SSSR count). The molecule has 200 valence electrons. The first kappa shape index (κ1) is 37.0. The summed E-state index contributed by atoms with van der Waals surface area (Å²) >= 11 is 0. The van der Waals surface area contributed by atoms with Crippen molar-refractivity contribution in [3.63, 3.8) is 0 Å². The van der Waals surface area contributed by atoms with Crippen molar-refractivity contribution in [3.05, 3.63) is 0 Å². The Morgan fingerprint density at radius 2 is 0.794 bits per heavy atom. The Kier molecular flexibility index (Phi) is 31.0. The van der Waals surface area contributed by atoms with Gasteiger partial charge in [0.25, 0.3) is 0 Å². The van der Waals surface area contributed by atoms with E-state index in [9.17, 15) is 13.0 Å². The second-order valence-electron chi connectivity index (χ2n) is 10.2. The van der Waals surface area contributed by atoms with Gasteiger partial charge in [0.2, 0.25) is 10.4 Å². The number of unbranched alkanes of at least 4 members (excludes halogenated alkanes) is 20. The monoisotopic (exact) mass is 512 g/mol. The molecule has 1 atom stereocenters. The van der Waals surface area contributed by atoms with Crippen molar-refractivity contribution in [3.8, 4) is 0 Å². The molecule has 0 saturated heterocycles. The summed E-state index contributed by atoms with van der Waals surface area (Å²) in [7, 11) is -4.57. The van der Waals surface area contributed by atoms with Crippen LogP contribution in [0.15, 0.2) is 0 Å². The largest absolute Gasteiger partial charge is 1.00 e. The fourth-order valence-corrected chi connectivity index (χ4v) is 5.04. The number of rotatable bonds is 27. The molecule has 0 N–H and O–H groups in total. The second kappa shape index (κ2) is 28.4. The summed E-state index contributed by atoms with van der Waals surface area (Å²) in [6, 6.07) is 0. The minimum Gasteiger partial charge on any atom is -0.726 e. The Morgan fingerprint density at radius 3 is 1.09 bits per heavy atom. The van der Waals surface area contributed by atoms with Crippen LogP contribution in [0, 0.1) is 5.92 Å². The van der Waals surface area contributed by atoms with Crippen LogP contribution in [0.1, 0.15) is 168 Å². The maximum Gasteiger partial charge on any atom is 1.00 e. The molecule has 0 amide bonds. The van der Waals surface area contributed by atoms with E-state index in [0.29, 0.717) is 0 Å². The molecule has 0 bridgehead atoms. The van der Waals surface area contributed by atoms with Crippen molar-refractivity contribution >= 4 is 10.4 Å². The van der Waals surface area contributed by atoms with Crippen LogP contribution in [0.25, 0.3) is 0 Å². The molecule has 0 aliphatic carbocycles. The van der Waals surface area contributed by atoms with E-state index < -0.39 is 10.4 Å². The molecule has 0 radical (unpaired) electrons. The average Bonchev–Trinajstić information content (AvgIpc) is 2.78. The molecule has 0 aromatic carbocycles. The minimum atomic E-state index is -4.57. The van der Waals surface area contributed by atoms with Gasteiger partial charge in [0.1, 0.15) is 0 Å². The molecule has 0 aliphatic heterocycles. The van der Waals surface area contributed by atoms with E-state index in [-0.39, 0.29) is 42.1 Å². The molecule has 0 fully saturated rings. The molecule has 0 heterocycles. The van der Waals surface area contributed by atoms with Crippen molar-refractivity contribution in [2.45, 2.75) is 168 Å². The zero-order valence-corrected chi connectivity index (χ0v) is 26.1. The van der Waals surface area contributed by atoms with Crippen LogP contribution in [-0.4, -0.2) is 19.6 Å². The Labute approximate surface area is 236 Å². The average molecular weight is 513 g/mol. The summed E-state index contributed by atoms with van der Waals surface area (Å²) in [5.74, 6) is 0.201. The summed E-state index contributed by atoms with van der Waals surface area (Å²) in [5.41, 5.74) is 0. The third kappa shape index (κ3) is 30.9. The summed E-state index contributed by atoms with van der Waals surface area (Å²) in [6.07, 6.45) is 31.2. The predicted octanol–water partition coefficient (Wildman–Crippen LogP) is 6.49. The molecule has 0 aliphatic rings. The third-order valence-electron chi connectivity index (χ3n) is 6.88. The molecular formula is C28H57NaO4S. The Hall–Kier alpha value is 0.870. The van der Waals surface area contributed by atoms with Crippen LogP contribution in [-0.2, 0) is 14.6 Å². The van der Waals surface area contributed by atoms with Gasteiger partial charge in [-0.1, -0.05) is 155 Å². The summed E-state index contributed by atoms with van der Waals surface area (Å²) < 4.78 is 36.9. The molecule has 6 heteroatoms. The van der Waals surface area contributed by atoms with Gasteiger partial charge in [0.05, 0.1) is 6.61 Å². The quantitative estimate of drug-likeness (QED) is 0.0546. The van der Waals surface area contributed by atoms with Crippen molar-refractivity contribution < 1.29 is 46.7 Å². The number of hydrogen-bond acceptors (Lipinski definition) is 4. The molecule has 34 heavy (non-hydrogen) atoms. The van der Waals surface area contributed by atoms with Gasteiger partial charge in [-0.05, 0) is 18.8 Å². The van der Waals surface area contributed by atoms with E-state index in [1.54, 1.807) is 0 Å². The molecule has 0 saturated carbocycles. The van der Waals surface area contributed by atoms with Gasteiger partial charge in [-0.3, -0.25) is 4.18 Å². The van der Waals surface area contributed by atoms with Gasteiger partial charge in [0.15, 0.2) is 0 Å². The van der Waals surface area contributed by atoms with E-state index in [4.69, 9.17) is 0 Å².